The molecule has 0 unspecified atom stereocenters. The predicted molar refractivity (Wildman–Crippen MR) is 183 cm³/mol. The first-order valence-corrected chi connectivity index (χ1v) is 17.5. The average Bonchev–Trinajstić information content (AvgIpc) is 3.55. The minimum Gasteiger partial charge on any atom is -0.352 e. The zero-order valence-corrected chi connectivity index (χ0v) is 27.9. The van der Waals surface area contributed by atoms with Gasteiger partial charge >= 0.3 is 0 Å². The lowest BCUT2D eigenvalue weighted by atomic mass is 10.0. The molecule has 0 radical (unpaired) electrons. The number of rotatable bonds is 12. The van der Waals surface area contributed by atoms with Crippen molar-refractivity contribution in [3.63, 3.8) is 0 Å². The Kier molecular flexibility index (Phi) is 11.0. The lowest BCUT2D eigenvalue weighted by molar-refractivity contribution is -0.140. The smallest absolute Gasteiger partial charge is 0.264 e. The maximum Gasteiger partial charge on any atom is 0.264 e. The number of sulfonamides is 1. The average molecular weight is 679 g/mol. The molecule has 1 N–H and O–H groups in total. The molecule has 0 heterocycles. The van der Waals surface area contributed by atoms with Gasteiger partial charge in [-0.2, -0.15) is 0 Å². The molecule has 10 heteroatoms. The van der Waals surface area contributed by atoms with Gasteiger partial charge in [-0.3, -0.25) is 13.9 Å². The van der Waals surface area contributed by atoms with E-state index in [9.17, 15) is 18.0 Å². The molecule has 1 fully saturated rings. The molecule has 240 valence electrons. The summed E-state index contributed by atoms with van der Waals surface area (Å²) in [5.41, 5.74) is 2.82. The van der Waals surface area contributed by atoms with Crippen LogP contribution in [0, 0.1) is 6.92 Å². The second-order valence-electron chi connectivity index (χ2n) is 11.6. The highest BCUT2D eigenvalue weighted by Gasteiger charge is 2.36. The van der Waals surface area contributed by atoms with E-state index in [1.807, 2.05) is 61.5 Å². The first kappa shape index (κ1) is 33.5. The number of hydrogen-bond donors (Lipinski definition) is 1. The van der Waals surface area contributed by atoms with Crippen LogP contribution in [0.15, 0.2) is 108 Å². The van der Waals surface area contributed by atoms with Crippen molar-refractivity contribution in [3.8, 4) is 0 Å². The van der Waals surface area contributed by atoms with Gasteiger partial charge < -0.3 is 10.2 Å². The normalized spacial score (nSPS) is 14.1. The first-order chi connectivity index (χ1) is 22.1. The number of anilines is 1. The third-order valence-corrected chi connectivity index (χ3v) is 10.5. The van der Waals surface area contributed by atoms with Gasteiger partial charge in [0.2, 0.25) is 11.8 Å². The van der Waals surface area contributed by atoms with E-state index in [0.717, 1.165) is 46.7 Å². The number of hydrogen-bond acceptors (Lipinski definition) is 4. The molecule has 0 bridgehead atoms. The summed E-state index contributed by atoms with van der Waals surface area (Å²) in [5.74, 6) is -0.803. The van der Waals surface area contributed by atoms with Crippen LogP contribution >= 0.6 is 23.2 Å². The Morgan fingerprint density at radius 2 is 1.43 bits per heavy atom. The summed E-state index contributed by atoms with van der Waals surface area (Å²) in [6.07, 6.45) is 4.09. The fraction of sp³-hybridized carbons (Fsp3) is 0.278. The number of carbonyl (C=O) groups is 2. The summed E-state index contributed by atoms with van der Waals surface area (Å²) in [6, 6.07) is 28.6. The highest BCUT2D eigenvalue weighted by atomic mass is 35.5. The lowest BCUT2D eigenvalue weighted by Gasteiger charge is -2.34. The molecule has 1 saturated carbocycles. The Morgan fingerprint density at radius 3 is 2.07 bits per heavy atom. The summed E-state index contributed by atoms with van der Waals surface area (Å²) < 4.78 is 29.3. The van der Waals surface area contributed by atoms with Crippen LogP contribution in [-0.4, -0.2) is 43.8 Å². The molecule has 0 saturated heterocycles. The quantitative estimate of drug-likeness (QED) is 0.172. The minimum absolute atomic E-state index is 0.00386. The highest BCUT2D eigenvalue weighted by Crippen LogP contribution is 2.30. The van der Waals surface area contributed by atoms with Crippen LogP contribution in [0.2, 0.25) is 10.0 Å². The van der Waals surface area contributed by atoms with Crippen LogP contribution in [-0.2, 0) is 32.6 Å². The number of amides is 2. The van der Waals surface area contributed by atoms with Crippen LogP contribution in [0.25, 0.3) is 0 Å². The van der Waals surface area contributed by atoms with Gasteiger partial charge in [-0.1, -0.05) is 109 Å². The van der Waals surface area contributed by atoms with E-state index in [-0.39, 0.29) is 45.5 Å². The molecule has 1 aliphatic carbocycles. The fourth-order valence-electron chi connectivity index (χ4n) is 5.82. The number of nitrogens with one attached hydrogen (secondary N) is 1. The van der Waals surface area contributed by atoms with Crippen molar-refractivity contribution >= 4 is 50.7 Å². The van der Waals surface area contributed by atoms with Crippen LogP contribution in [0.1, 0.15) is 42.4 Å². The van der Waals surface area contributed by atoms with E-state index in [1.54, 1.807) is 18.2 Å². The van der Waals surface area contributed by atoms with Crippen LogP contribution in [0.3, 0.4) is 0 Å². The van der Waals surface area contributed by atoms with Crippen molar-refractivity contribution in [1.29, 1.82) is 0 Å². The van der Waals surface area contributed by atoms with E-state index in [4.69, 9.17) is 23.2 Å². The lowest BCUT2D eigenvalue weighted by Crippen LogP contribution is -2.54. The van der Waals surface area contributed by atoms with Crippen molar-refractivity contribution in [2.75, 3.05) is 10.8 Å². The Labute approximate surface area is 281 Å². The van der Waals surface area contributed by atoms with Crippen LogP contribution < -0.4 is 9.62 Å². The number of halogens is 2. The van der Waals surface area contributed by atoms with Gasteiger partial charge in [0.25, 0.3) is 10.0 Å². The molecule has 4 aromatic carbocycles. The van der Waals surface area contributed by atoms with Crippen LogP contribution in [0.5, 0.6) is 0 Å². The standard InChI is InChI=1S/C36H37Cl2N3O4S/c1-26-12-8-9-15-28(26)24-40(34(20-27-13-4-2-5-14-27)36(43)39-31-16-10-11-17-31)35(42)25-41(32-22-29(37)21-30(38)23-32)46(44,45)33-18-6-3-7-19-33/h2-9,12-15,18-19,21-23,31,34H,10-11,16-17,20,24-25H2,1H3,(H,39,43)/t34-/m1/s1. The summed E-state index contributed by atoms with van der Waals surface area (Å²) in [4.78, 5) is 30.3. The van der Waals surface area contributed by atoms with Gasteiger partial charge in [0.1, 0.15) is 12.6 Å². The van der Waals surface area contributed by atoms with Crippen LogP contribution in [0.4, 0.5) is 5.69 Å². The van der Waals surface area contributed by atoms with Gasteiger partial charge in [-0.25, -0.2) is 8.42 Å². The number of nitrogens with zero attached hydrogens (tertiary/aromatic N) is 2. The first-order valence-electron chi connectivity index (χ1n) is 15.3. The topological polar surface area (TPSA) is 86.8 Å². The number of carbonyl (C=O) groups excluding carboxylic acids is 2. The van der Waals surface area contributed by atoms with E-state index in [0.29, 0.717) is 0 Å². The fourth-order valence-corrected chi connectivity index (χ4v) is 7.76. The molecule has 1 atom stereocenters. The SMILES string of the molecule is Cc1ccccc1CN(C(=O)CN(c1cc(Cl)cc(Cl)c1)S(=O)(=O)c1ccccc1)[C@H](Cc1ccccc1)C(=O)NC1CCCC1. The Balaban J connectivity index is 1.59. The van der Waals surface area contributed by atoms with E-state index >= 15 is 0 Å². The second-order valence-corrected chi connectivity index (χ2v) is 14.3. The van der Waals surface area contributed by atoms with E-state index < -0.39 is 28.5 Å². The molecule has 5 rings (SSSR count). The van der Waals surface area contributed by atoms with Gasteiger partial charge in [0.15, 0.2) is 0 Å². The predicted octanol–water partition coefficient (Wildman–Crippen LogP) is 7.20. The molecular weight excluding hydrogens is 641 g/mol. The molecular formula is C36H37Cl2N3O4S. The second kappa shape index (κ2) is 15.2. The van der Waals surface area contributed by atoms with E-state index in [2.05, 4.69) is 5.32 Å². The summed E-state index contributed by atoms with van der Waals surface area (Å²) in [6.45, 7) is 1.47. The molecule has 0 aromatic heterocycles. The molecule has 0 aliphatic heterocycles. The molecule has 1 aliphatic rings. The monoisotopic (exact) mass is 677 g/mol. The van der Waals surface area contributed by atoms with Crippen molar-refractivity contribution in [3.05, 3.63) is 130 Å². The summed E-state index contributed by atoms with van der Waals surface area (Å²) in [5, 5.41) is 3.63. The van der Waals surface area contributed by atoms with Crippen molar-refractivity contribution < 1.29 is 18.0 Å². The summed E-state index contributed by atoms with van der Waals surface area (Å²) >= 11 is 12.6. The molecule has 46 heavy (non-hydrogen) atoms. The Hall–Kier alpha value is -3.85. The van der Waals surface area contributed by atoms with Gasteiger partial charge in [0.05, 0.1) is 10.6 Å². The third kappa shape index (κ3) is 8.29. The maximum absolute atomic E-state index is 14.6. The van der Waals surface area contributed by atoms with Gasteiger partial charge in [-0.05, 0) is 66.8 Å². The largest absolute Gasteiger partial charge is 0.352 e. The Bertz CT molecular complexity index is 1740. The Morgan fingerprint density at radius 1 is 0.848 bits per heavy atom. The van der Waals surface area contributed by atoms with E-state index in [1.165, 1.54) is 35.2 Å². The van der Waals surface area contributed by atoms with Crippen molar-refractivity contribution in [2.45, 2.75) is 62.6 Å². The molecule has 2 amide bonds. The minimum atomic E-state index is -4.25. The maximum atomic E-state index is 14.6. The molecule has 0 spiro atoms. The molecule has 4 aromatic rings. The highest BCUT2D eigenvalue weighted by molar-refractivity contribution is 7.92. The van der Waals surface area contributed by atoms with Gasteiger partial charge in [-0.15, -0.1) is 0 Å². The molecule has 7 nitrogen and oxygen atoms in total. The van der Waals surface area contributed by atoms with Crippen molar-refractivity contribution in [2.24, 2.45) is 0 Å². The van der Waals surface area contributed by atoms with Crippen molar-refractivity contribution in [1.82, 2.24) is 10.2 Å². The number of benzene rings is 4. The summed E-state index contributed by atoms with van der Waals surface area (Å²) in [7, 11) is -4.25. The zero-order valence-electron chi connectivity index (χ0n) is 25.6. The number of aryl methyl sites for hydroxylation is 1. The third-order valence-electron chi connectivity index (χ3n) is 8.32. The zero-order chi connectivity index (χ0) is 32.7. The van der Waals surface area contributed by atoms with Gasteiger partial charge in [0, 0.05) is 29.1 Å².